The van der Waals surface area contributed by atoms with Crippen LogP contribution in [0.5, 0.6) is 0 Å². The minimum absolute atomic E-state index is 0.0596. The van der Waals surface area contributed by atoms with Gasteiger partial charge >= 0.3 is 7.60 Å². The lowest BCUT2D eigenvalue weighted by molar-refractivity contribution is -0.277. The Morgan fingerprint density at radius 2 is 1.57 bits per heavy atom. The Kier molecular flexibility index (Phi) is 15.8. The highest BCUT2D eigenvalue weighted by molar-refractivity contribution is 7.54. The Morgan fingerprint density at radius 3 is 2.10 bits per heavy atom. The molecule has 3 aliphatic heterocycles. The van der Waals surface area contributed by atoms with E-state index in [1.54, 1.807) is 18.7 Å². The van der Waals surface area contributed by atoms with Gasteiger partial charge in [-0.2, -0.15) is 5.06 Å². The number of nitrogens with zero attached hydrogens (tertiary/aromatic N) is 4. The average Bonchev–Trinajstić information content (AvgIpc) is 3.00. The summed E-state index contributed by atoms with van der Waals surface area (Å²) < 4.78 is 36.5. The summed E-state index contributed by atoms with van der Waals surface area (Å²) in [6.45, 7) is 29.2. The highest BCUT2D eigenvalue weighted by atomic mass is 31.2. The summed E-state index contributed by atoms with van der Waals surface area (Å²) >= 11 is 0. The van der Waals surface area contributed by atoms with Crippen LogP contribution in [0.15, 0.2) is 0 Å². The highest BCUT2D eigenvalue weighted by Gasteiger charge is 2.55. The van der Waals surface area contributed by atoms with E-state index in [0.717, 1.165) is 32.5 Å². The van der Waals surface area contributed by atoms with Crippen LogP contribution >= 0.6 is 7.60 Å². The number of rotatable bonds is 17. The number of piperazine rings is 1. The number of carbonyl (C=O) groups is 3. The quantitative estimate of drug-likeness (QED) is 0.103. The lowest BCUT2D eigenvalue weighted by Gasteiger charge is -2.55. The number of hydrogen-bond acceptors (Lipinski definition) is 10. The molecule has 0 aliphatic carbocycles. The van der Waals surface area contributed by atoms with Gasteiger partial charge in [-0.3, -0.25) is 23.8 Å². The van der Waals surface area contributed by atoms with Crippen molar-refractivity contribution in [2.24, 2.45) is 11.3 Å². The summed E-state index contributed by atoms with van der Waals surface area (Å²) in [4.78, 5) is 54.6. The molecule has 3 rings (SSSR count). The molecule has 0 radical (unpaired) electrons. The second-order valence-electron chi connectivity index (χ2n) is 17.3. The number of likely N-dealkylation sites (tertiary alicyclic amines) is 1. The molecule has 0 N–H and O–H groups in total. The van der Waals surface area contributed by atoms with Gasteiger partial charge in [0, 0.05) is 25.7 Å². The van der Waals surface area contributed by atoms with E-state index in [0.29, 0.717) is 32.7 Å². The molecule has 13 nitrogen and oxygen atoms in total. The summed E-state index contributed by atoms with van der Waals surface area (Å²) in [6.07, 6.45) is -0.0263. The molecular weight excluding hydrogens is 691 g/mol. The zero-order chi connectivity index (χ0) is 38.4. The molecule has 51 heavy (non-hydrogen) atoms. The van der Waals surface area contributed by atoms with E-state index in [9.17, 15) is 18.9 Å². The molecule has 296 valence electrons. The first-order valence-corrected chi connectivity index (χ1v) is 23.7. The molecule has 15 heteroatoms. The maximum Gasteiger partial charge on any atom is 0.340 e. The zero-order valence-corrected chi connectivity index (χ0v) is 35.6. The molecule has 0 spiro atoms. The normalized spacial score (nSPS) is 23.4. The van der Waals surface area contributed by atoms with Crippen molar-refractivity contribution in [2.45, 2.75) is 137 Å². The third kappa shape index (κ3) is 12.1. The summed E-state index contributed by atoms with van der Waals surface area (Å²) in [6, 6.07) is -0.827. The van der Waals surface area contributed by atoms with Gasteiger partial charge in [-0.15, -0.1) is 0 Å². The largest absolute Gasteiger partial charge is 0.414 e. The van der Waals surface area contributed by atoms with E-state index in [1.807, 2.05) is 39.5 Å². The third-order valence-corrected chi connectivity index (χ3v) is 16.9. The van der Waals surface area contributed by atoms with Crippen LogP contribution < -0.4 is 0 Å². The van der Waals surface area contributed by atoms with Gasteiger partial charge in [0.2, 0.25) is 5.91 Å². The van der Waals surface area contributed by atoms with Crippen LogP contribution in [0.2, 0.25) is 18.1 Å². The Bertz CT molecular complexity index is 1210. The number of carbonyl (C=O) groups excluding carboxylic acids is 3. The standard InChI is InChI=1S/C36H69N4O9PSi/c1-13-46-50(44,47-14-2)26-32(41)40-31-25-38(33(42)29(24-35(5,6)7)39(31)34(43)30(49-40)23-27(3)4)28-15-17-37(18-16-28)19-20-45-21-22-48-51(11,12)36(8,9)10/h27-31H,13-26H2,1-12H3/t29-,30+,31-/m0/s1. The van der Waals surface area contributed by atoms with Crippen molar-refractivity contribution < 1.29 is 42.0 Å². The summed E-state index contributed by atoms with van der Waals surface area (Å²) in [5.74, 6) is -0.883. The lowest BCUT2D eigenvalue weighted by Crippen LogP contribution is -2.75. The third-order valence-electron chi connectivity index (χ3n) is 10.4. The van der Waals surface area contributed by atoms with Crippen LogP contribution in [0.1, 0.15) is 94.9 Å². The molecule has 3 saturated heterocycles. The predicted octanol–water partition coefficient (Wildman–Crippen LogP) is 5.75. The van der Waals surface area contributed by atoms with Crippen molar-refractivity contribution in [2.75, 3.05) is 65.4 Å². The second-order valence-corrected chi connectivity index (χ2v) is 24.2. The topological polar surface area (TPSA) is 127 Å². The molecule has 3 heterocycles. The number of hydroxylamine groups is 2. The fourth-order valence-corrected chi connectivity index (χ4v) is 9.29. The van der Waals surface area contributed by atoms with Crippen molar-refractivity contribution >= 4 is 33.6 Å². The van der Waals surface area contributed by atoms with Crippen molar-refractivity contribution in [1.29, 1.82) is 0 Å². The van der Waals surface area contributed by atoms with E-state index < -0.39 is 46.3 Å². The molecule has 0 aromatic heterocycles. The van der Waals surface area contributed by atoms with Gasteiger partial charge in [0.1, 0.15) is 12.2 Å². The minimum Gasteiger partial charge on any atom is -0.414 e. The lowest BCUT2D eigenvalue weighted by atomic mass is 9.84. The monoisotopic (exact) mass is 760 g/mol. The second kappa shape index (κ2) is 18.3. The van der Waals surface area contributed by atoms with Gasteiger partial charge in [-0.25, -0.2) is 0 Å². The smallest absolute Gasteiger partial charge is 0.340 e. The summed E-state index contributed by atoms with van der Waals surface area (Å²) in [5, 5.41) is 1.37. The Hall–Kier alpha value is -1.38. The first-order chi connectivity index (χ1) is 23.6. The Balaban J connectivity index is 1.76. The molecule has 0 bridgehead atoms. The van der Waals surface area contributed by atoms with Crippen molar-refractivity contribution in [1.82, 2.24) is 19.8 Å². The molecule has 0 aromatic rings. The number of fused-ring (bicyclic) bond motifs is 1. The van der Waals surface area contributed by atoms with Crippen LogP contribution in [0.4, 0.5) is 0 Å². The molecule has 0 unspecified atom stereocenters. The van der Waals surface area contributed by atoms with Gasteiger partial charge in [0.25, 0.3) is 11.8 Å². The van der Waals surface area contributed by atoms with Crippen molar-refractivity contribution in [3.8, 4) is 0 Å². The number of piperidine rings is 1. The van der Waals surface area contributed by atoms with Crippen LogP contribution in [-0.4, -0.2) is 136 Å². The van der Waals surface area contributed by atoms with Crippen molar-refractivity contribution in [3.05, 3.63) is 0 Å². The van der Waals surface area contributed by atoms with E-state index in [4.69, 9.17) is 23.0 Å². The molecule has 3 fully saturated rings. The molecular formula is C36H69N4O9PSi. The van der Waals surface area contributed by atoms with Gasteiger partial charge < -0.3 is 32.9 Å². The maximum absolute atomic E-state index is 14.5. The van der Waals surface area contributed by atoms with Gasteiger partial charge in [0.05, 0.1) is 39.6 Å². The van der Waals surface area contributed by atoms with E-state index in [-0.39, 0.29) is 54.0 Å². The number of ether oxygens (including phenoxy) is 1. The summed E-state index contributed by atoms with van der Waals surface area (Å²) in [7, 11) is -5.56. The summed E-state index contributed by atoms with van der Waals surface area (Å²) in [5.41, 5.74) is -0.284. The first-order valence-electron chi connectivity index (χ1n) is 19.1. The fourth-order valence-electron chi connectivity index (χ4n) is 6.75. The molecule has 3 atom stereocenters. The van der Waals surface area contributed by atoms with E-state index >= 15 is 0 Å². The molecule has 0 saturated carbocycles. The van der Waals surface area contributed by atoms with Crippen LogP contribution in [0, 0.1) is 11.3 Å². The van der Waals surface area contributed by atoms with E-state index in [1.165, 1.54) is 5.06 Å². The molecule has 3 amide bonds. The zero-order valence-electron chi connectivity index (χ0n) is 33.7. The van der Waals surface area contributed by atoms with Crippen LogP contribution in [0.3, 0.4) is 0 Å². The molecule has 0 aromatic carbocycles. The minimum atomic E-state index is -3.77. The fraction of sp³-hybridized carbons (Fsp3) is 0.917. The van der Waals surface area contributed by atoms with Gasteiger partial charge in [-0.1, -0.05) is 55.4 Å². The van der Waals surface area contributed by atoms with Gasteiger partial charge in [0.15, 0.2) is 20.6 Å². The molecule has 3 aliphatic rings. The Morgan fingerprint density at radius 1 is 0.961 bits per heavy atom. The highest BCUT2D eigenvalue weighted by Crippen LogP contribution is 2.48. The van der Waals surface area contributed by atoms with E-state index in [2.05, 4.69) is 38.8 Å². The Labute approximate surface area is 309 Å². The van der Waals surface area contributed by atoms with Crippen LogP contribution in [0.25, 0.3) is 0 Å². The number of hydrogen-bond donors (Lipinski definition) is 0. The maximum atomic E-state index is 14.5. The van der Waals surface area contributed by atoms with Crippen molar-refractivity contribution in [3.63, 3.8) is 0 Å². The first kappa shape index (κ1) is 44.0. The number of amides is 3. The average molecular weight is 761 g/mol. The SMILES string of the molecule is CCOP(=O)(CC(=O)N1O[C@H](CC(C)C)C(=O)N2[C@@H]1CN(C1CCN(CCOCCO[Si](C)(C)C(C)(C)C)CC1)C(=O)[C@@H]2CC(C)(C)C)OCC. The van der Waals surface area contributed by atoms with Crippen LogP contribution in [-0.2, 0) is 42.0 Å². The predicted molar refractivity (Wildman–Crippen MR) is 201 cm³/mol. The van der Waals surface area contributed by atoms with Gasteiger partial charge in [-0.05, 0) is 69.0 Å².